The minimum atomic E-state index is -0.874. The fraction of sp³-hybridized carbons (Fsp3) is 0.136. The SMILES string of the molecule is C#CCOc1c(Cl)cc(/C=C2/C(=O)NC(=O)N(c3ccc(C)c(Cl)c3)C2=O)cc1OC. The van der Waals surface area contributed by atoms with Crippen molar-refractivity contribution in [2.75, 3.05) is 18.6 Å². The number of methoxy groups -OCH3 is 1. The van der Waals surface area contributed by atoms with Crippen molar-refractivity contribution in [2.45, 2.75) is 6.92 Å². The minimum absolute atomic E-state index is 0.0202. The maximum atomic E-state index is 13.0. The molecule has 0 aromatic heterocycles. The van der Waals surface area contributed by atoms with Crippen molar-refractivity contribution in [1.82, 2.24) is 5.32 Å². The normalized spacial score (nSPS) is 15.0. The number of hydrogen-bond donors (Lipinski definition) is 1. The summed E-state index contributed by atoms with van der Waals surface area (Å²) < 4.78 is 10.6. The monoisotopic (exact) mass is 458 g/mol. The van der Waals surface area contributed by atoms with E-state index in [1.165, 1.54) is 31.4 Å². The number of aryl methyl sites for hydroxylation is 1. The summed E-state index contributed by atoms with van der Waals surface area (Å²) in [6.45, 7) is 1.76. The van der Waals surface area contributed by atoms with Crippen LogP contribution in [0.4, 0.5) is 10.5 Å². The van der Waals surface area contributed by atoms with Gasteiger partial charge in [-0.05, 0) is 48.4 Å². The van der Waals surface area contributed by atoms with Crippen LogP contribution < -0.4 is 19.7 Å². The van der Waals surface area contributed by atoms with Gasteiger partial charge in [0.25, 0.3) is 11.8 Å². The topological polar surface area (TPSA) is 84.9 Å². The Hall–Kier alpha value is -3.47. The largest absolute Gasteiger partial charge is 0.493 e. The van der Waals surface area contributed by atoms with Crippen molar-refractivity contribution >= 4 is 52.8 Å². The first kappa shape index (κ1) is 22.2. The van der Waals surface area contributed by atoms with Gasteiger partial charge in [0, 0.05) is 5.02 Å². The van der Waals surface area contributed by atoms with Crippen LogP contribution in [0.15, 0.2) is 35.9 Å². The van der Waals surface area contributed by atoms with E-state index in [-0.39, 0.29) is 34.4 Å². The number of carbonyl (C=O) groups is 3. The van der Waals surface area contributed by atoms with Gasteiger partial charge in [-0.2, -0.15) is 0 Å². The van der Waals surface area contributed by atoms with Crippen molar-refractivity contribution in [1.29, 1.82) is 0 Å². The van der Waals surface area contributed by atoms with Gasteiger partial charge in [-0.1, -0.05) is 35.2 Å². The highest BCUT2D eigenvalue weighted by molar-refractivity contribution is 6.39. The number of amides is 4. The molecule has 0 spiro atoms. The Kier molecular flexibility index (Phi) is 6.54. The van der Waals surface area contributed by atoms with E-state index in [1.54, 1.807) is 19.1 Å². The third-order valence-corrected chi connectivity index (χ3v) is 5.07. The van der Waals surface area contributed by atoms with Gasteiger partial charge in [0.15, 0.2) is 11.5 Å². The molecule has 0 radical (unpaired) electrons. The molecule has 158 valence electrons. The number of ether oxygens (including phenoxy) is 2. The molecule has 0 aliphatic carbocycles. The molecule has 1 heterocycles. The molecule has 2 aromatic carbocycles. The molecule has 0 bridgehead atoms. The zero-order valence-electron chi connectivity index (χ0n) is 16.5. The number of hydrogen-bond acceptors (Lipinski definition) is 5. The van der Waals surface area contributed by atoms with E-state index < -0.39 is 17.8 Å². The van der Waals surface area contributed by atoms with Gasteiger partial charge in [0.1, 0.15) is 12.2 Å². The number of rotatable bonds is 5. The first-order chi connectivity index (χ1) is 14.8. The standard InChI is InChI=1S/C22H16Cl2N2O5/c1-4-7-31-19-17(24)9-13(10-18(19)30-3)8-15-20(27)25-22(29)26(21(15)28)14-6-5-12(2)16(23)11-14/h1,5-6,8-11H,7H2,2-3H3,(H,25,27,29)/b15-8-. The number of urea groups is 1. The van der Waals surface area contributed by atoms with E-state index in [1.807, 2.05) is 0 Å². The highest BCUT2D eigenvalue weighted by Crippen LogP contribution is 2.37. The lowest BCUT2D eigenvalue weighted by atomic mass is 10.1. The first-order valence-electron chi connectivity index (χ1n) is 8.88. The number of barbiturate groups is 1. The summed E-state index contributed by atoms with van der Waals surface area (Å²) in [5.74, 6) is 1.17. The van der Waals surface area contributed by atoms with Gasteiger partial charge in [-0.3, -0.25) is 14.9 Å². The molecule has 0 saturated carbocycles. The van der Waals surface area contributed by atoms with E-state index >= 15 is 0 Å². The van der Waals surface area contributed by atoms with E-state index in [0.29, 0.717) is 10.6 Å². The number of carbonyl (C=O) groups excluding carboxylic acids is 3. The summed E-state index contributed by atoms with van der Waals surface area (Å²) in [6.07, 6.45) is 6.50. The quantitative estimate of drug-likeness (QED) is 0.415. The number of imide groups is 2. The predicted octanol–water partition coefficient (Wildman–Crippen LogP) is 3.99. The second-order valence-corrected chi connectivity index (χ2v) is 7.23. The Labute approximate surface area is 188 Å². The van der Waals surface area contributed by atoms with Gasteiger partial charge >= 0.3 is 6.03 Å². The summed E-state index contributed by atoms with van der Waals surface area (Å²) in [4.78, 5) is 38.6. The molecule has 0 atom stereocenters. The van der Waals surface area contributed by atoms with Gasteiger partial charge in [-0.15, -0.1) is 6.42 Å². The van der Waals surface area contributed by atoms with Crippen LogP contribution in [0, 0.1) is 19.3 Å². The molecule has 1 aliphatic rings. The van der Waals surface area contributed by atoms with Crippen molar-refractivity contribution in [3.63, 3.8) is 0 Å². The number of nitrogens with one attached hydrogen (secondary N) is 1. The van der Waals surface area contributed by atoms with Crippen LogP contribution in [0.25, 0.3) is 6.08 Å². The lowest BCUT2D eigenvalue weighted by Crippen LogP contribution is -2.54. The maximum Gasteiger partial charge on any atom is 0.335 e. The summed E-state index contributed by atoms with van der Waals surface area (Å²) in [5, 5.41) is 2.69. The lowest BCUT2D eigenvalue weighted by Gasteiger charge is -2.26. The zero-order chi connectivity index (χ0) is 22.7. The fourth-order valence-electron chi connectivity index (χ4n) is 2.86. The van der Waals surface area contributed by atoms with Crippen LogP contribution in [-0.2, 0) is 9.59 Å². The molecule has 31 heavy (non-hydrogen) atoms. The second-order valence-electron chi connectivity index (χ2n) is 6.42. The molecule has 9 heteroatoms. The van der Waals surface area contributed by atoms with Crippen molar-refractivity contribution < 1.29 is 23.9 Å². The van der Waals surface area contributed by atoms with E-state index in [9.17, 15) is 14.4 Å². The molecule has 0 unspecified atom stereocenters. The Morgan fingerprint density at radius 3 is 2.55 bits per heavy atom. The average molecular weight is 459 g/mol. The average Bonchev–Trinajstić information content (AvgIpc) is 2.72. The van der Waals surface area contributed by atoms with Crippen molar-refractivity contribution in [3.05, 3.63) is 57.1 Å². The number of halogens is 2. The lowest BCUT2D eigenvalue weighted by molar-refractivity contribution is -0.122. The third-order valence-electron chi connectivity index (χ3n) is 4.38. The summed E-state index contributed by atoms with van der Waals surface area (Å²) in [6, 6.07) is 6.82. The van der Waals surface area contributed by atoms with Gasteiger partial charge in [0.05, 0.1) is 17.8 Å². The summed E-state index contributed by atoms with van der Waals surface area (Å²) in [5.41, 5.74) is 1.11. The molecule has 7 nitrogen and oxygen atoms in total. The molecule has 4 amide bonds. The van der Waals surface area contributed by atoms with Gasteiger partial charge in [0.2, 0.25) is 0 Å². The number of terminal acetylenes is 1. The van der Waals surface area contributed by atoms with Crippen LogP contribution >= 0.6 is 23.2 Å². The van der Waals surface area contributed by atoms with Crippen LogP contribution in [-0.4, -0.2) is 31.6 Å². The predicted molar refractivity (Wildman–Crippen MR) is 118 cm³/mol. The van der Waals surface area contributed by atoms with Crippen LogP contribution in [0.3, 0.4) is 0 Å². The van der Waals surface area contributed by atoms with Crippen LogP contribution in [0.2, 0.25) is 10.0 Å². The third kappa shape index (κ3) is 4.50. The molecule has 1 saturated heterocycles. The second kappa shape index (κ2) is 9.13. The summed E-state index contributed by atoms with van der Waals surface area (Å²) >= 11 is 12.4. The van der Waals surface area contributed by atoms with Crippen molar-refractivity contribution in [3.8, 4) is 23.8 Å². The number of benzene rings is 2. The minimum Gasteiger partial charge on any atom is -0.493 e. The van der Waals surface area contributed by atoms with E-state index in [2.05, 4.69) is 11.2 Å². The molecular weight excluding hydrogens is 443 g/mol. The van der Waals surface area contributed by atoms with Gasteiger partial charge in [-0.25, -0.2) is 9.69 Å². The Morgan fingerprint density at radius 1 is 1.16 bits per heavy atom. The molecule has 1 aliphatic heterocycles. The molecule has 1 N–H and O–H groups in total. The van der Waals surface area contributed by atoms with Crippen LogP contribution in [0.1, 0.15) is 11.1 Å². The highest BCUT2D eigenvalue weighted by atomic mass is 35.5. The first-order valence-corrected chi connectivity index (χ1v) is 9.63. The number of nitrogens with zero attached hydrogens (tertiary/aromatic N) is 1. The molecule has 1 fully saturated rings. The molecule has 2 aromatic rings. The summed E-state index contributed by atoms with van der Waals surface area (Å²) in [7, 11) is 1.41. The van der Waals surface area contributed by atoms with Crippen LogP contribution in [0.5, 0.6) is 11.5 Å². The number of anilines is 1. The highest BCUT2D eigenvalue weighted by Gasteiger charge is 2.37. The fourth-order valence-corrected chi connectivity index (χ4v) is 3.30. The van der Waals surface area contributed by atoms with Crippen molar-refractivity contribution in [2.24, 2.45) is 0 Å². The Morgan fingerprint density at radius 2 is 1.90 bits per heavy atom. The van der Waals surface area contributed by atoms with E-state index in [4.69, 9.17) is 39.1 Å². The van der Waals surface area contributed by atoms with Gasteiger partial charge < -0.3 is 9.47 Å². The molecular formula is C22H16Cl2N2O5. The Bertz CT molecular complexity index is 1170. The van der Waals surface area contributed by atoms with E-state index in [0.717, 1.165) is 10.5 Å². The smallest absolute Gasteiger partial charge is 0.335 e. The molecule has 3 rings (SSSR count). The zero-order valence-corrected chi connectivity index (χ0v) is 18.0. The maximum absolute atomic E-state index is 13.0. The Balaban J connectivity index is 2.03.